The van der Waals surface area contributed by atoms with Gasteiger partial charge in [0.25, 0.3) is 0 Å². The molecule has 0 spiro atoms. The van der Waals surface area contributed by atoms with Crippen molar-refractivity contribution in [3.63, 3.8) is 0 Å². The summed E-state index contributed by atoms with van der Waals surface area (Å²) in [6.45, 7) is 4.11. The van der Waals surface area contributed by atoms with Crippen molar-refractivity contribution in [1.82, 2.24) is 0 Å². The summed E-state index contributed by atoms with van der Waals surface area (Å²) in [5, 5.41) is 0. The maximum Gasteiger partial charge on any atom is 0.504 e. The number of allylic oxidation sites excluding steroid dienone is 1. The van der Waals surface area contributed by atoms with E-state index in [2.05, 4.69) is 4.74 Å². The van der Waals surface area contributed by atoms with Crippen LogP contribution in [0.4, 0.5) is 48.3 Å². The zero-order chi connectivity index (χ0) is 24.1. The van der Waals surface area contributed by atoms with E-state index in [1.807, 2.05) is 0 Å². The van der Waals surface area contributed by atoms with Crippen molar-refractivity contribution >= 4 is 8.80 Å². The zero-order valence-electron chi connectivity index (χ0n) is 15.8. The van der Waals surface area contributed by atoms with E-state index in [1.165, 1.54) is 20.8 Å². The second-order valence-corrected chi connectivity index (χ2v) is 8.06. The minimum atomic E-state index is -7.11. The van der Waals surface area contributed by atoms with Crippen molar-refractivity contribution < 1.29 is 66.3 Å². The van der Waals surface area contributed by atoms with Gasteiger partial charge in [0.1, 0.15) is 0 Å². The first-order valence-electron chi connectivity index (χ1n) is 8.22. The van der Waals surface area contributed by atoms with Gasteiger partial charge in [-0.15, -0.1) is 0 Å². The summed E-state index contributed by atoms with van der Waals surface area (Å²) >= 11 is 0. The Morgan fingerprint density at radius 3 is 1.37 bits per heavy atom. The van der Waals surface area contributed by atoms with Crippen LogP contribution in [-0.4, -0.2) is 58.9 Å². The van der Waals surface area contributed by atoms with Gasteiger partial charge in [-0.05, 0) is 26.8 Å². The Morgan fingerprint density at radius 2 is 1.07 bits per heavy atom. The number of alkyl halides is 11. The lowest BCUT2D eigenvalue weighted by Crippen LogP contribution is -2.58. The molecule has 0 bridgehead atoms. The average Bonchev–Trinajstić information content (AvgIpc) is 2.52. The molecule has 16 heteroatoms. The topological polar surface area (TPSA) is 36.9 Å². The Hall–Kier alpha value is -0.973. The van der Waals surface area contributed by atoms with E-state index in [0.717, 1.165) is 0 Å². The van der Waals surface area contributed by atoms with E-state index in [9.17, 15) is 48.3 Å². The van der Waals surface area contributed by atoms with Gasteiger partial charge >= 0.3 is 39.0 Å². The summed E-state index contributed by atoms with van der Waals surface area (Å²) in [6.07, 6.45) is -20.9. The molecule has 180 valence electrons. The highest BCUT2D eigenvalue weighted by molar-refractivity contribution is 6.61. The molecule has 0 radical (unpaired) electrons. The van der Waals surface area contributed by atoms with Crippen LogP contribution < -0.4 is 0 Å². The van der Waals surface area contributed by atoms with Crippen LogP contribution >= 0.6 is 0 Å². The highest BCUT2D eigenvalue weighted by atomic mass is 28.4. The van der Waals surface area contributed by atoms with Gasteiger partial charge in [-0.1, -0.05) is 6.08 Å². The number of hydrogen-bond donors (Lipinski definition) is 0. The summed E-state index contributed by atoms with van der Waals surface area (Å²) in [6, 6.07) is -0.755. The van der Waals surface area contributed by atoms with Crippen LogP contribution in [0.1, 0.15) is 20.8 Å². The number of halogens is 11. The van der Waals surface area contributed by atoms with Gasteiger partial charge < -0.3 is 13.3 Å². The van der Waals surface area contributed by atoms with E-state index in [-0.39, 0.29) is 25.9 Å². The van der Waals surface area contributed by atoms with Crippen molar-refractivity contribution in [3.05, 3.63) is 12.2 Å². The molecule has 0 aromatic rings. The molecule has 30 heavy (non-hydrogen) atoms. The monoisotopic (exact) mass is 488 g/mol. The molecule has 0 N–H and O–H groups in total. The lowest BCUT2D eigenvalue weighted by atomic mass is 10.2. The van der Waals surface area contributed by atoms with Crippen LogP contribution in [-0.2, 0) is 18.0 Å². The standard InChI is InChI=1S/C14H19F11O4Si/c1-4-26-30(27-5-2,28-6-3)9-7-8-10(15,12(18,19)20)29-14(24,25)11(16,17)13(21,22)23/h7-8H,4-6,9H2,1-3H3. The fraction of sp³-hybridized carbons (Fsp3) is 0.857. The highest BCUT2D eigenvalue weighted by Crippen LogP contribution is 2.51. The molecule has 0 aromatic carbocycles. The van der Waals surface area contributed by atoms with Gasteiger partial charge in [0, 0.05) is 25.9 Å². The molecule has 1 atom stereocenters. The molecule has 0 saturated carbocycles. The Labute approximate surface area is 165 Å². The Kier molecular flexibility index (Phi) is 9.77. The van der Waals surface area contributed by atoms with E-state index in [1.54, 1.807) is 0 Å². The number of rotatable bonds is 12. The van der Waals surface area contributed by atoms with Gasteiger partial charge in [-0.25, -0.2) is 0 Å². The normalized spacial score (nSPS) is 16.9. The molecule has 1 unspecified atom stereocenters. The van der Waals surface area contributed by atoms with Crippen LogP contribution in [0, 0.1) is 0 Å². The first-order chi connectivity index (χ1) is 13.3. The van der Waals surface area contributed by atoms with Crippen LogP contribution in [0.25, 0.3) is 0 Å². The summed E-state index contributed by atoms with van der Waals surface area (Å²) < 4.78 is 159. The Balaban J connectivity index is 5.95. The number of ether oxygens (including phenoxy) is 1. The zero-order valence-corrected chi connectivity index (χ0v) is 16.8. The molecule has 0 rings (SSSR count). The fourth-order valence-electron chi connectivity index (χ4n) is 1.92. The largest absolute Gasteiger partial charge is 0.504 e. The predicted octanol–water partition coefficient (Wildman–Crippen LogP) is 5.63. The van der Waals surface area contributed by atoms with E-state index in [4.69, 9.17) is 13.3 Å². The van der Waals surface area contributed by atoms with Crippen molar-refractivity contribution in [2.45, 2.75) is 57.1 Å². The lowest BCUT2D eigenvalue weighted by molar-refractivity contribution is -0.473. The SMILES string of the molecule is CCO[Si](CC=CC(F)(OC(F)(F)C(F)(F)C(F)(F)F)C(F)(F)F)(OCC)OCC. The quantitative estimate of drug-likeness (QED) is 0.203. The summed E-state index contributed by atoms with van der Waals surface area (Å²) in [4.78, 5) is 0. The molecule has 0 fully saturated rings. The van der Waals surface area contributed by atoms with Crippen molar-refractivity contribution in [2.75, 3.05) is 19.8 Å². The second-order valence-electron chi connectivity index (χ2n) is 5.42. The maximum absolute atomic E-state index is 14.1. The molecular formula is C14H19F11O4Si. The third-order valence-electron chi connectivity index (χ3n) is 3.18. The van der Waals surface area contributed by atoms with Crippen molar-refractivity contribution in [2.24, 2.45) is 0 Å². The Bertz CT molecular complexity index is 548. The highest BCUT2D eigenvalue weighted by Gasteiger charge is 2.78. The molecule has 0 amide bonds. The summed E-state index contributed by atoms with van der Waals surface area (Å²) in [5.74, 6) is -12.8. The predicted molar refractivity (Wildman–Crippen MR) is 81.5 cm³/mol. The van der Waals surface area contributed by atoms with Crippen LogP contribution in [0.2, 0.25) is 6.04 Å². The van der Waals surface area contributed by atoms with Crippen LogP contribution in [0.5, 0.6) is 0 Å². The smallest absolute Gasteiger partial charge is 0.374 e. The van der Waals surface area contributed by atoms with Gasteiger partial charge in [0.15, 0.2) is 0 Å². The molecule has 0 saturated heterocycles. The lowest BCUT2D eigenvalue weighted by Gasteiger charge is -2.33. The molecule has 4 nitrogen and oxygen atoms in total. The van der Waals surface area contributed by atoms with Crippen molar-refractivity contribution in [1.29, 1.82) is 0 Å². The summed E-state index contributed by atoms with van der Waals surface area (Å²) in [5.41, 5.74) is 0. The molecule has 0 heterocycles. The molecule has 0 aliphatic heterocycles. The summed E-state index contributed by atoms with van der Waals surface area (Å²) in [7, 11) is -3.77. The minimum absolute atomic E-state index is 0.0769. The molecule has 0 aliphatic rings. The van der Waals surface area contributed by atoms with Gasteiger partial charge in [0.2, 0.25) is 0 Å². The van der Waals surface area contributed by atoms with Gasteiger partial charge in [-0.3, -0.25) is 4.74 Å². The van der Waals surface area contributed by atoms with Crippen LogP contribution in [0.15, 0.2) is 12.2 Å². The van der Waals surface area contributed by atoms with Crippen molar-refractivity contribution in [3.8, 4) is 0 Å². The maximum atomic E-state index is 14.1. The second kappa shape index (κ2) is 10.1. The van der Waals surface area contributed by atoms with Gasteiger partial charge in [0.05, 0.1) is 0 Å². The first kappa shape index (κ1) is 29.0. The average molecular weight is 488 g/mol. The van der Waals surface area contributed by atoms with Gasteiger partial charge in [-0.2, -0.15) is 48.3 Å². The third kappa shape index (κ3) is 6.76. The molecule has 0 aliphatic carbocycles. The molecule has 0 aromatic heterocycles. The molecular weight excluding hydrogens is 469 g/mol. The van der Waals surface area contributed by atoms with E-state index in [0.29, 0.717) is 0 Å². The first-order valence-corrected chi connectivity index (χ1v) is 10.2. The fourth-order valence-corrected chi connectivity index (χ4v) is 4.25. The minimum Gasteiger partial charge on any atom is -0.374 e. The van der Waals surface area contributed by atoms with Crippen LogP contribution in [0.3, 0.4) is 0 Å². The Morgan fingerprint density at radius 1 is 0.667 bits per heavy atom. The third-order valence-corrected chi connectivity index (χ3v) is 6.10. The van der Waals surface area contributed by atoms with E-state index >= 15 is 0 Å². The van der Waals surface area contributed by atoms with E-state index < -0.39 is 51.2 Å². The number of hydrogen-bond acceptors (Lipinski definition) is 4.